The molecule has 0 bridgehead atoms. The molecule has 2 saturated heterocycles. The van der Waals surface area contributed by atoms with E-state index in [9.17, 15) is 13.2 Å². The Morgan fingerprint density at radius 3 is 2.42 bits per heavy atom. The summed E-state index contributed by atoms with van der Waals surface area (Å²) in [7, 11) is -3.55. The summed E-state index contributed by atoms with van der Waals surface area (Å²) in [5.41, 5.74) is 0.447. The predicted molar refractivity (Wildman–Crippen MR) is 89.3 cm³/mol. The molecule has 132 valence electrons. The number of ether oxygens (including phenoxy) is 1. The number of benzene rings is 1. The Kier molecular flexibility index (Phi) is 5.50. The van der Waals surface area contributed by atoms with E-state index >= 15 is 0 Å². The van der Waals surface area contributed by atoms with E-state index in [-0.39, 0.29) is 22.9 Å². The predicted octanol–water partition coefficient (Wildman–Crippen LogP) is 0.236. The number of sulfonamides is 1. The van der Waals surface area contributed by atoms with Crippen LogP contribution in [-0.4, -0.2) is 52.7 Å². The zero-order chi connectivity index (χ0) is 17.0. The van der Waals surface area contributed by atoms with Crippen molar-refractivity contribution in [2.24, 2.45) is 0 Å². The lowest BCUT2D eigenvalue weighted by Gasteiger charge is -2.23. The molecule has 2 aliphatic rings. The monoisotopic (exact) mass is 353 g/mol. The Hall–Kier alpha value is -1.48. The van der Waals surface area contributed by atoms with Crippen molar-refractivity contribution in [2.75, 3.05) is 26.3 Å². The summed E-state index contributed by atoms with van der Waals surface area (Å²) in [6.07, 6.45) is 2.37. The molecule has 0 aromatic heterocycles. The van der Waals surface area contributed by atoms with Gasteiger partial charge >= 0.3 is 0 Å². The highest BCUT2D eigenvalue weighted by molar-refractivity contribution is 7.89. The SMILES string of the molecule is O=C(N[C@H]1CCOC1)c1ccc(S(=O)(=O)NC2CCNCC2)cc1. The third kappa shape index (κ3) is 4.32. The highest BCUT2D eigenvalue weighted by atomic mass is 32.2. The van der Waals surface area contributed by atoms with E-state index < -0.39 is 10.0 Å². The Balaban J connectivity index is 1.63. The quantitative estimate of drug-likeness (QED) is 0.704. The maximum absolute atomic E-state index is 12.4. The second kappa shape index (κ2) is 7.60. The van der Waals surface area contributed by atoms with Crippen LogP contribution in [0.5, 0.6) is 0 Å². The van der Waals surface area contributed by atoms with Gasteiger partial charge in [-0.15, -0.1) is 0 Å². The van der Waals surface area contributed by atoms with Crippen molar-refractivity contribution in [3.8, 4) is 0 Å². The lowest BCUT2D eigenvalue weighted by atomic mass is 10.1. The minimum Gasteiger partial charge on any atom is -0.379 e. The highest BCUT2D eigenvalue weighted by Gasteiger charge is 2.22. The number of rotatable bonds is 5. The molecule has 2 fully saturated rings. The Labute approximate surface area is 142 Å². The average molecular weight is 353 g/mol. The van der Waals surface area contributed by atoms with Crippen molar-refractivity contribution in [1.82, 2.24) is 15.4 Å². The van der Waals surface area contributed by atoms with Gasteiger partial charge in [0.05, 0.1) is 17.5 Å². The third-order valence-electron chi connectivity index (χ3n) is 4.35. The molecule has 3 N–H and O–H groups in total. The molecule has 0 aliphatic carbocycles. The second-order valence-corrected chi connectivity index (χ2v) is 7.92. The van der Waals surface area contributed by atoms with Crippen LogP contribution in [0.4, 0.5) is 0 Å². The molecule has 8 heteroatoms. The lowest BCUT2D eigenvalue weighted by molar-refractivity contribution is 0.0930. The molecular formula is C16H23N3O4S. The minimum atomic E-state index is -3.55. The summed E-state index contributed by atoms with van der Waals surface area (Å²) in [5, 5.41) is 6.08. The number of hydrogen-bond donors (Lipinski definition) is 3. The summed E-state index contributed by atoms with van der Waals surface area (Å²) < 4.78 is 32.8. The first-order chi connectivity index (χ1) is 11.5. The van der Waals surface area contributed by atoms with E-state index in [1.165, 1.54) is 12.1 Å². The number of carbonyl (C=O) groups excluding carboxylic acids is 1. The molecular weight excluding hydrogens is 330 g/mol. The maximum Gasteiger partial charge on any atom is 0.251 e. The first kappa shape index (κ1) is 17.3. The van der Waals surface area contributed by atoms with Crippen LogP contribution in [0.1, 0.15) is 29.6 Å². The molecule has 0 radical (unpaired) electrons. The Bertz CT molecular complexity index is 663. The van der Waals surface area contributed by atoms with Gasteiger partial charge in [0.1, 0.15) is 0 Å². The van der Waals surface area contributed by atoms with Gasteiger partial charge in [-0.3, -0.25) is 4.79 Å². The van der Waals surface area contributed by atoms with Crippen molar-refractivity contribution in [3.05, 3.63) is 29.8 Å². The highest BCUT2D eigenvalue weighted by Crippen LogP contribution is 2.14. The minimum absolute atomic E-state index is 0.0301. The Morgan fingerprint density at radius 1 is 1.08 bits per heavy atom. The van der Waals surface area contributed by atoms with Gasteiger partial charge in [-0.25, -0.2) is 13.1 Å². The molecule has 7 nitrogen and oxygen atoms in total. The van der Waals surface area contributed by atoms with Gasteiger partial charge in [0.25, 0.3) is 5.91 Å². The molecule has 0 saturated carbocycles. The molecule has 0 spiro atoms. The number of carbonyl (C=O) groups is 1. The standard InChI is InChI=1S/C16H23N3O4S/c20-16(18-14-7-10-23-11-14)12-1-3-15(4-2-12)24(21,22)19-13-5-8-17-9-6-13/h1-4,13-14,17,19H,5-11H2,(H,18,20)/t14-/m0/s1. The molecule has 2 heterocycles. The first-order valence-electron chi connectivity index (χ1n) is 8.26. The Morgan fingerprint density at radius 2 is 1.79 bits per heavy atom. The van der Waals surface area contributed by atoms with Gasteiger partial charge in [0.2, 0.25) is 10.0 Å². The van der Waals surface area contributed by atoms with E-state index in [1.807, 2.05) is 0 Å². The summed E-state index contributed by atoms with van der Waals surface area (Å²) in [6, 6.07) is 6.03. The van der Waals surface area contributed by atoms with Crippen LogP contribution in [0.3, 0.4) is 0 Å². The summed E-state index contributed by atoms with van der Waals surface area (Å²) in [4.78, 5) is 12.3. The zero-order valence-electron chi connectivity index (χ0n) is 13.5. The van der Waals surface area contributed by atoms with E-state index in [1.54, 1.807) is 12.1 Å². The maximum atomic E-state index is 12.4. The van der Waals surface area contributed by atoms with Crippen LogP contribution < -0.4 is 15.4 Å². The van der Waals surface area contributed by atoms with Crippen molar-refractivity contribution < 1.29 is 17.9 Å². The van der Waals surface area contributed by atoms with Crippen molar-refractivity contribution >= 4 is 15.9 Å². The number of piperidine rings is 1. The van der Waals surface area contributed by atoms with Crippen LogP contribution in [0.2, 0.25) is 0 Å². The summed E-state index contributed by atoms with van der Waals surface area (Å²) >= 11 is 0. The molecule has 1 atom stereocenters. The van der Waals surface area contributed by atoms with Gasteiger partial charge in [-0.2, -0.15) is 0 Å². The van der Waals surface area contributed by atoms with Crippen LogP contribution in [0, 0.1) is 0 Å². The average Bonchev–Trinajstić information content (AvgIpc) is 3.08. The smallest absolute Gasteiger partial charge is 0.251 e. The van der Waals surface area contributed by atoms with Crippen molar-refractivity contribution in [3.63, 3.8) is 0 Å². The van der Waals surface area contributed by atoms with Gasteiger partial charge in [0, 0.05) is 18.2 Å². The van der Waals surface area contributed by atoms with E-state index in [0.717, 1.165) is 32.4 Å². The molecule has 24 heavy (non-hydrogen) atoms. The van der Waals surface area contributed by atoms with E-state index in [0.29, 0.717) is 18.8 Å². The molecule has 3 rings (SSSR count). The fourth-order valence-corrected chi connectivity index (χ4v) is 4.23. The van der Waals surface area contributed by atoms with Crippen LogP contribution in [0.25, 0.3) is 0 Å². The molecule has 0 unspecified atom stereocenters. The van der Waals surface area contributed by atoms with E-state index in [4.69, 9.17) is 4.74 Å². The second-order valence-electron chi connectivity index (χ2n) is 6.20. The van der Waals surface area contributed by atoms with Gasteiger partial charge < -0.3 is 15.4 Å². The largest absolute Gasteiger partial charge is 0.379 e. The van der Waals surface area contributed by atoms with Crippen LogP contribution in [-0.2, 0) is 14.8 Å². The number of amides is 1. The molecule has 1 aromatic rings. The summed E-state index contributed by atoms with van der Waals surface area (Å²) in [6.45, 7) is 2.82. The van der Waals surface area contributed by atoms with Crippen LogP contribution in [0.15, 0.2) is 29.2 Å². The lowest BCUT2D eigenvalue weighted by Crippen LogP contribution is -2.42. The number of nitrogens with one attached hydrogen (secondary N) is 3. The van der Waals surface area contributed by atoms with Gasteiger partial charge in [0.15, 0.2) is 0 Å². The summed E-state index contributed by atoms with van der Waals surface area (Å²) in [5.74, 6) is -0.208. The molecule has 2 aliphatic heterocycles. The van der Waals surface area contributed by atoms with E-state index in [2.05, 4.69) is 15.4 Å². The topological polar surface area (TPSA) is 96.5 Å². The zero-order valence-corrected chi connectivity index (χ0v) is 14.3. The molecule has 1 aromatic carbocycles. The van der Waals surface area contributed by atoms with Crippen molar-refractivity contribution in [1.29, 1.82) is 0 Å². The number of hydrogen-bond acceptors (Lipinski definition) is 5. The van der Waals surface area contributed by atoms with Crippen LogP contribution >= 0.6 is 0 Å². The normalized spacial score (nSPS) is 22.4. The fourth-order valence-electron chi connectivity index (χ4n) is 2.93. The molecule has 1 amide bonds. The first-order valence-corrected chi connectivity index (χ1v) is 9.75. The van der Waals surface area contributed by atoms with Crippen molar-refractivity contribution in [2.45, 2.75) is 36.2 Å². The van der Waals surface area contributed by atoms with Gasteiger partial charge in [-0.05, 0) is 56.6 Å². The fraction of sp³-hybridized carbons (Fsp3) is 0.562. The van der Waals surface area contributed by atoms with Gasteiger partial charge in [-0.1, -0.05) is 0 Å². The third-order valence-corrected chi connectivity index (χ3v) is 5.89.